The molecule has 1 aromatic heterocycles. The van der Waals surface area contributed by atoms with E-state index >= 15 is 0 Å². The van der Waals surface area contributed by atoms with E-state index in [1.54, 1.807) is 6.20 Å². The summed E-state index contributed by atoms with van der Waals surface area (Å²) in [4.78, 5) is 4.23. The van der Waals surface area contributed by atoms with Crippen molar-refractivity contribution in [2.24, 2.45) is 0 Å². The molecule has 3 nitrogen and oxygen atoms in total. The van der Waals surface area contributed by atoms with Crippen LogP contribution in [-0.4, -0.2) is 4.98 Å². The number of aromatic nitrogens is 1. The molecule has 16 heavy (non-hydrogen) atoms. The largest absolute Gasteiger partial charge is 0.396 e. The number of nitrogens with one attached hydrogen (secondary N) is 1. The number of nitrogen functional groups attached to an aromatic ring is 1. The summed E-state index contributed by atoms with van der Waals surface area (Å²) in [5.74, 6) is 0.673. The molecular weight excluding hydrogens is 381 g/mol. The average Bonchev–Trinajstić information content (AvgIpc) is 2.25. The first-order valence-corrected chi connectivity index (χ1v) is 6.46. The second-order valence-corrected chi connectivity index (χ2v) is 5.27. The van der Waals surface area contributed by atoms with Gasteiger partial charge < -0.3 is 11.1 Å². The number of benzene rings is 1. The smallest absolute Gasteiger partial charge is 0.153 e. The van der Waals surface area contributed by atoms with Crippen LogP contribution in [0.25, 0.3) is 0 Å². The van der Waals surface area contributed by atoms with Gasteiger partial charge >= 0.3 is 0 Å². The van der Waals surface area contributed by atoms with Gasteiger partial charge in [-0.3, -0.25) is 0 Å². The van der Waals surface area contributed by atoms with Gasteiger partial charge in [0.05, 0.1) is 11.4 Å². The van der Waals surface area contributed by atoms with Crippen LogP contribution in [0.15, 0.2) is 41.0 Å². The van der Waals surface area contributed by atoms with Gasteiger partial charge in [0.2, 0.25) is 0 Å². The molecular formula is C11H9BrIN3. The third-order valence-corrected chi connectivity index (χ3v) is 3.39. The first kappa shape index (κ1) is 11.7. The fraction of sp³-hybridized carbons (Fsp3) is 0. The minimum absolute atomic E-state index is 0.619. The van der Waals surface area contributed by atoms with Crippen molar-refractivity contribution in [3.8, 4) is 0 Å². The van der Waals surface area contributed by atoms with E-state index in [0.29, 0.717) is 11.5 Å². The summed E-state index contributed by atoms with van der Waals surface area (Å²) in [7, 11) is 0. The Kier molecular flexibility index (Phi) is 3.65. The van der Waals surface area contributed by atoms with Crippen molar-refractivity contribution < 1.29 is 0 Å². The molecule has 0 aliphatic carbocycles. The van der Waals surface area contributed by atoms with Crippen LogP contribution in [0.5, 0.6) is 0 Å². The molecule has 0 saturated carbocycles. The number of hydrogen-bond acceptors (Lipinski definition) is 3. The zero-order valence-electron chi connectivity index (χ0n) is 8.24. The summed E-state index contributed by atoms with van der Waals surface area (Å²) in [6, 6.07) is 9.80. The Bertz CT molecular complexity index is 516. The number of para-hydroxylation sites is 1. The Balaban J connectivity index is 2.31. The van der Waals surface area contributed by atoms with E-state index in [4.69, 9.17) is 5.73 Å². The lowest BCUT2D eigenvalue weighted by Crippen LogP contribution is -2.00. The molecule has 0 fully saturated rings. The average molecular weight is 390 g/mol. The van der Waals surface area contributed by atoms with Gasteiger partial charge in [-0.2, -0.15) is 0 Å². The van der Waals surface area contributed by atoms with E-state index in [0.717, 1.165) is 13.7 Å². The molecule has 0 spiro atoms. The first-order valence-electron chi connectivity index (χ1n) is 4.59. The molecule has 0 amide bonds. The van der Waals surface area contributed by atoms with Gasteiger partial charge in [-0.05, 0) is 56.7 Å². The van der Waals surface area contributed by atoms with Crippen LogP contribution >= 0.6 is 38.5 Å². The molecule has 5 heteroatoms. The normalized spacial score (nSPS) is 10.1. The Morgan fingerprint density at radius 1 is 1.31 bits per heavy atom. The van der Waals surface area contributed by atoms with Gasteiger partial charge in [-0.1, -0.05) is 12.1 Å². The number of nitrogens with two attached hydrogens (primary N) is 1. The molecule has 0 radical (unpaired) electrons. The third kappa shape index (κ3) is 2.65. The SMILES string of the molecule is Nc1cc(Br)cnc1Nc1ccccc1I. The fourth-order valence-corrected chi connectivity index (χ4v) is 2.12. The third-order valence-electron chi connectivity index (χ3n) is 2.01. The molecule has 1 heterocycles. The summed E-state index contributed by atoms with van der Waals surface area (Å²) in [6.07, 6.45) is 1.72. The lowest BCUT2D eigenvalue weighted by Gasteiger charge is -2.09. The zero-order valence-corrected chi connectivity index (χ0v) is 12.0. The minimum atomic E-state index is 0.619. The van der Waals surface area contributed by atoms with E-state index < -0.39 is 0 Å². The zero-order chi connectivity index (χ0) is 11.5. The molecule has 82 valence electrons. The maximum atomic E-state index is 5.86. The van der Waals surface area contributed by atoms with Gasteiger partial charge in [-0.15, -0.1) is 0 Å². The Morgan fingerprint density at radius 3 is 2.75 bits per heavy atom. The number of halogens is 2. The lowest BCUT2D eigenvalue weighted by atomic mass is 10.3. The highest BCUT2D eigenvalue weighted by Gasteiger charge is 2.04. The number of rotatable bonds is 2. The van der Waals surface area contributed by atoms with E-state index in [2.05, 4.69) is 48.8 Å². The van der Waals surface area contributed by atoms with Crippen molar-refractivity contribution in [2.75, 3.05) is 11.1 Å². The highest BCUT2D eigenvalue weighted by molar-refractivity contribution is 14.1. The van der Waals surface area contributed by atoms with Crippen molar-refractivity contribution in [1.82, 2.24) is 4.98 Å². The van der Waals surface area contributed by atoms with Crippen molar-refractivity contribution in [2.45, 2.75) is 0 Å². The monoisotopic (exact) mass is 389 g/mol. The molecule has 3 N–H and O–H groups in total. The Labute approximate surface area is 116 Å². The highest BCUT2D eigenvalue weighted by atomic mass is 127. The van der Waals surface area contributed by atoms with Crippen LogP contribution in [0.1, 0.15) is 0 Å². The fourth-order valence-electron chi connectivity index (χ4n) is 1.25. The second-order valence-electron chi connectivity index (χ2n) is 3.20. The summed E-state index contributed by atoms with van der Waals surface area (Å²) in [6.45, 7) is 0. The van der Waals surface area contributed by atoms with Gasteiger partial charge in [0.15, 0.2) is 5.82 Å². The summed E-state index contributed by atoms with van der Waals surface area (Å²) in [5.41, 5.74) is 7.49. The molecule has 0 unspecified atom stereocenters. The predicted octanol–water partition coefficient (Wildman–Crippen LogP) is 3.77. The van der Waals surface area contributed by atoms with E-state index in [-0.39, 0.29) is 0 Å². The van der Waals surface area contributed by atoms with E-state index in [9.17, 15) is 0 Å². The molecule has 0 aliphatic rings. The number of nitrogens with zero attached hydrogens (tertiary/aromatic N) is 1. The molecule has 2 rings (SSSR count). The molecule has 0 bridgehead atoms. The Morgan fingerprint density at radius 2 is 2.06 bits per heavy atom. The maximum Gasteiger partial charge on any atom is 0.153 e. The highest BCUT2D eigenvalue weighted by Crippen LogP contribution is 2.26. The maximum absolute atomic E-state index is 5.86. The van der Waals surface area contributed by atoms with Gasteiger partial charge in [-0.25, -0.2) is 4.98 Å². The van der Waals surface area contributed by atoms with Crippen LogP contribution in [0.3, 0.4) is 0 Å². The van der Waals surface area contributed by atoms with Crippen LogP contribution in [-0.2, 0) is 0 Å². The van der Waals surface area contributed by atoms with Crippen LogP contribution in [0.4, 0.5) is 17.2 Å². The first-order chi connectivity index (χ1) is 7.66. The van der Waals surface area contributed by atoms with Gasteiger partial charge in [0, 0.05) is 14.2 Å². The van der Waals surface area contributed by atoms with Gasteiger partial charge in [0.1, 0.15) is 0 Å². The Hall–Kier alpha value is -0.820. The molecule has 1 aromatic carbocycles. The lowest BCUT2D eigenvalue weighted by molar-refractivity contribution is 1.29. The minimum Gasteiger partial charge on any atom is -0.396 e. The topological polar surface area (TPSA) is 50.9 Å². The predicted molar refractivity (Wildman–Crippen MR) is 78.8 cm³/mol. The van der Waals surface area contributed by atoms with Crippen molar-refractivity contribution >= 4 is 55.7 Å². The summed E-state index contributed by atoms with van der Waals surface area (Å²) < 4.78 is 2.00. The molecule has 0 aliphatic heterocycles. The standard InChI is InChI=1S/C11H9BrIN3/c12-7-5-9(14)11(15-6-7)16-10-4-2-1-3-8(10)13/h1-6H,14H2,(H,15,16). The van der Waals surface area contributed by atoms with Gasteiger partial charge in [0.25, 0.3) is 0 Å². The van der Waals surface area contributed by atoms with Crippen molar-refractivity contribution in [3.05, 3.63) is 44.6 Å². The van der Waals surface area contributed by atoms with E-state index in [1.807, 2.05) is 30.3 Å². The molecule has 2 aromatic rings. The van der Waals surface area contributed by atoms with Crippen molar-refractivity contribution in [1.29, 1.82) is 0 Å². The molecule has 0 atom stereocenters. The summed E-state index contributed by atoms with van der Waals surface area (Å²) >= 11 is 5.59. The number of anilines is 3. The van der Waals surface area contributed by atoms with Crippen molar-refractivity contribution in [3.63, 3.8) is 0 Å². The summed E-state index contributed by atoms with van der Waals surface area (Å²) in [5, 5.41) is 3.20. The van der Waals surface area contributed by atoms with Crippen LogP contribution in [0.2, 0.25) is 0 Å². The van der Waals surface area contributed by atoms with Crippen LogP contribution < -0.4 is 11.1 Å². The van der Waals surface area contributed by atoms with E-state index in [1.165, 1.54) is 0 Å². The number of pyridine rings is 1. The van der Waals surface area contributed by atoms with Crippen LogP contribution in [0, 0.1) is 3.57 Å². The second kappa shape index (κ2) is 5.01. The quantitative estimate of drug-likeness (QED) is 0.768. The number of hydrogen-bond donors (Lipinski definition) is 2. The molecule has 0 saturated heterocycles.